The maximum atomic E-state index is 12.1. The van der Waals surface area contributed by atoms with E-state index < -0.39 is 0 Å². The lowest BCUT2D eigenvalue weighted by atomic mass is 10.0. The lowest BCUT2D eigenvalue weighted by Crippen LogP contribution is -2.23. The van der Waals surface area contributed by atoms with E-state index in [-0.39, 0.29) is 24.5 Å². The molecule has 1 N–H and O–H groups in total. The van der Waals surface area contributed by atoms with Gasteiger partial charge in [-0.25, -0.2) is 0 Å². The topological polar surface area (TPSA) is 46.2 Å². The molecule has 3 nitrogen and oxygen atoms in total. The first-order valence-corrected chi connectivity index (χ1v) is 8.59. The predicted octanol–water partition coefficient (Wildman–Crippen LogP) is 4.57. The third-order valence-electron chi connectivity index (χ3n) is 3.77. The van der Waals surface area contributed by atoms with Crippen LogP contribution in [0.15, 0.2) is 48.5 Å². The molecule has 1 amide bonds. The van der Waals surface area contributed by atoms with Gasteiger partial charge in [0.2, 0.25) is 5.91 Å². The number of hydrogen-bond acceptors (Lipinski definition) is 2. The number of Topliss-reactive ketones (excluding diaryl/α,β-unsaturated/α-hetero) is 1. The second kappa shape index (κ2) is 9.24. The van der Waals surface area contributed by atoms with Gasteiger partial charge in [0.15, 0.2) is 5.78 Å². The van der Waals surface area contributed by atoms with E-state index >= 15 is 0 Å². The minimum atomic E-state index is -0.133. The molecule has 0 fully saturated rings. The quantitative estimate of drug-likeness (QED) is 0.713. The van der Waals surface area contributed by atoms with E-state index in [4.69, 9.17) is 11.6 Å². The molecule has 24 heavy (non-hydrogen) atoms. The molecule has 2 rings (SSSR count). The first kappa shape index (κ1) is 18.2. The van der Waals surface area contributed by atoms with Gasteiger partial charge in [0.05, 0.1) is 0 Å². The molecule has 0 saturated heterocycles. The number of ketones is 1. The molecule has 0 saturated carbocycles. The van der Waals surface area contributed by atoms with Crippen LogP contribution in [0.25, 0.3) is 0 Å². The summed E-state index contributed by atoms with van der Waals surface area (Å²) < 4.78 is 0. The largest absolute Gasteiger partial charge is 0.352 e. The van der Waals surface area contributed by atoms with Crippen LogP contribution in [0.4, 0.5) is 0 Å². The van der Waals surface area contributed by atoms with Crippen molar-refractivity contribution < 1.29 is 9.59 Å². The van der Waals surface area contributed by atoms with E-state index in [1.165, 1.54) is 5.56 Å². The monoisotopic (exact) mass is 343 g/mol. The zero-order valence-electron chi connectivity index (χ0n) is 13.8. The molecule has 126 valence electrons. The van der Waals surface area contributed by atoms with E-state index in [1.54, 1.807) is 6.07 Å². The van der Waals surface area contributed by atoms with Crippen molar-refractivity contribution in [1.82, 2.24) is 5.32 Å². The van der Waals surface area contributed by atoms with Crippen LogP contribution < -0.4 is 5.32 Å². The maximum absolute atomic E-state index is 12.1. The van der Waals surface area contributed by atoms with Crippen LogP contribution in [0.2, 0.25) is 5.02 Å². The van der Waals surface area contributed by atoms with E-state index in [0.29, 0.717) is 17.1 Å². The molecule has 0 bridgehead atoms. The van der Waals surface area contributed by atoms with Gasteiger partial charge in [0.25, 0.3) is 0 Å². The number of carbonyl (C=O) groups is 2. The van der Waals surface area contributed by atoms with Crippen LogP contribution in [0.5, 0.6) is 0 Å². The van der Waals surface area contributed by atoms with Gasteiger partial charge in [-0.1, -0.05) is 61.3 Å². The van der Waals surface area contributed by atoms with Crippen molar-refractivity contribution in [2.24, 2.45) is 0 Å². The van der Waals surface area contributed by atoms with Gasteiger partial charge in [-0.15, -0.1) is 0 Å². The summed E-state index contributed by atoms with van der Waals surface area (Å²) in [6.07, 6.45) is 2.51. The molecular formula is C20H22ClNO2. The summed E-state index contributed by atoms with van der Waals surface area (Å²) >= 11 is 5.90. The summed E-state index contributed by atoms with van der Waals surface area (Å²) in [5.74, 6) is -0.137. The average Bonchev–Trinajstić information content (AvgIpc) is 2.59. The highest BCUT2D eigenvalue weighted by atomic mass is 35.5. The summed E-state index contributed by atoms with van der Waals surface area (Å²) in [5.41, 5.74) is 2.83. The highest BCUT2D eigenvalue weighted by Gasteiger charge is 2.09. The Labute approximate surface area is 148 Å². The second-order valence-corrected chi connectivity index (χ2v) is 6.21. The molecule has 0 aliphatic rings. The number of nitrogens with one attached hydrogen (secondary N) is 1. The third kappa shape index (κ3) is 5.82. The van der Waals surface area contributed by atoms with Crippen LogP contribution in [-0.2, 0) is 17.8 Å². The Balaban J connectivity index is 1.77. The Morgan fingerprint density at radius 2 is 1.75 bits per heavy atom. The van der Waals surface area contributed by atoms with Gasteiger partial charge in [0, 0.05) is 30.0 Å². The standard InChI is InChI=1S/C20H22ClNO2/c1-2-4-15-7-9-17(10-8-15)19(23)11-12-20(24)22-14-16-5-3-6-18(21)13-16/h3,5-10,13H,2,4,11-12,14H2,1H3,(H,22,24). The van der Waals surface area contributed by atoms with Crippen molar-refractivity contribution in [1.29, 1.82) is 0 Å². The molecule has 0 aliphatic heterocycles. The van der Waals surface area contributed by atoms with Crippen LogP contribution >= 0.6 is 11.6 Å². The van der Waals surface area contributed by atoms with Gasteiger partial charge in [0.1, 0.15) is 0 Å². The number of aryl methyl sites for hydroxylation is 1. The second-order valence-electron chi connectivity index (χ2n) is 5.78. The van der Waals surface area contributed by atoms with E-state index in [9.17, 15) is 9.59 Å². The van der Waals surface area contributed by atoms with Gasteiger partial charge >= 0.3 is 0 Å². The van der Waals surface area contributed by atoms with Crippen molar-refractivity contribution in [3.63, 3.8) is 0 Å². The molecule has 4 heteroatoms. The maximum Gasteiger partial charge on any atom is 0.220 e. The van der Waals surface area contributed by atoms with E-state index in [0.717, 1.165) is 18.4 Å². The average molecular weight is 344 g/mol. The lowest BCUT2D eigenvalue weighted by Gasteiger charge is -2.06. The normalized spacial score (nSPS) is 10.4. The molecule has 0 heterocycles. The van der Waals surface area contributed by atoms with Crippen LogP contribution in [0, 0.1) is 0 Å². The Hall–Kier alpha value is -2.13. The highest BCUT2D eigenvalue weighted by Crippen LogP contribution is 2.11. The Morgan fingerprint density at radius 1 is 1.00 bits per heavy atom. The fourth-order valence-electron chi connectivity index (χ4n) is 2.45. The molecule has 0 aromatic heterocycles. The Morgan fingerprint density at radius 3 is 2.42 bits per heavy atom. The van der Waals surface area contributed by atoms with Gasteiger partial charge in [-0.2, -0.15) is 0 Å². The number of halogens is 1. The SMILES string of the molecule is CCCc1ccc(C(=O)CCC(=O)NCc2cccc(Cl)c2)cc1. The molecule has 2 aromatic carbocycles. The van der Waals surface area contributed by atoms with Crippen LogP contribution in [-0.4, -0.2) is 11.7 Å². The molecule has 0 atom stereocenters. The minimum Gasteiger partial charge on any atom is -0.352 e. The van der Waals surface area contributed by atoms with Crippen molar-refractivity contribution >= 4 is 23.3 Å². The summed E-state index contributed by atoms with van der Waals surface area (Å²) in [5, 5.41) is 3.45. The van der Waals surface area contributed by atoms with Crippen LogP contribution in [0.3, 0.4) is 0 Å². The third-order valence-corrected chi connectivity index (χ3v) is 4.01. The smallest absolute Gasteiger partial charge is 0.220 e. The Kier molecular flexibility index (Phi) is 7.01. The van der Waals surface area contributed by atoms with Crippen molar-refractivity contribution in [3.05, 3.63) is 70.2 Å². The van der Waals surface area contributed by atoms with Gasteiger partial charge < -0.3 is 5.32 Å². The summed E-state index contributed by atoms with van der Waals surface area (Å²) in [6, 6.07) is 15.0. The van der Waals surface area contributed by atoms with E-state index in [2.05, 4.69) is 12.2 Å². The zero-order valence-corrected chi connectivity index (χ0v) is 14.6. The number of benzene rings is 2. The molecule has 0 unspecified atom stereocenters. The Bertz CT molecular complexity index is 695. The molecular weight excluding hydrogens is 322 g/mol. The first-order chi connectivity index (χ1) is 11.6. The number of hydrogen-bond donors (Lipinski definition) is 1. The van der Waals surface area contributed by atoms with Crippen molar-refractivity contribution in [2.75, 3.05) is 0 Å². The summed E-state index contributed by atoms with van der Waals surface area (Å²) in [4.78, 5) is 24.0. The summed E-state index contributed by atoms with van der Waals surface area (Å²) in [6.45, 7) is 2.54. The van der Waals surface area contributed by atoms with Gasteiger partial charge in [-0.05, 0) is 29.7 Å². The van der Waals surface area contributed by atoms with Crippen molar-refractivity contribution in [3.8, 4) is 0 Å². The zero-order chi connectivity index (χ0) is 17.4. The number of rotatable bonds is 8. The van der Waals surface area contributed by atoms with Crippen LogP contribution in [0.1, 0.15) is 47.7 Å². The minimum absolute atomic E-state index is 0.00375. The first-order valence-electron chi connectivity index (χ1n) is 8.21. The fourth-order valence-corrected chi connectivity index (χ4v) is 2.67. The van der Waals surface area contributed by atoms with E-state index in [1.807, 2.05) is 42.5 Å². The molecule has 0 spiro atoms. The number of amides is 1. The fraction of sp³-hybridized carbons (Fsp3) is 0.300. The molecule has 0 aliphatic carbocycles. The van der Waals surface area contributed by atoms with Gasteiger partial charge in [-0.3, -0.25) is 9.59 Å². The summed E-state index contributed by atoms with van der Waals surface area (Å²) in [7, 11) is 0. The highest BCUT2D eigenvalue weighted by molar-refractivity contribution is 6.30. The van der Waals surface area contributed by atoms with Crippen molar-refractivity contribution in [2.45, 2.75) is 39.2 Å². The molecule has 0 radical (unpaired) electrons. The predicted molar refractivity (Wildman–Crippen MR) is 97.3 cm³/mol. The molecule has 2 aromatic rings. The lowest BCUT2D eigenvalue weighted by molar-refractivity contribution is -0.121. The number of carbonyl (C=O) groups excluding carboxylic acids is 2.